The molecule has 10 rings (SSSR count). The van der Waals surface area contributed by atoms with E-state index in [1.54, 1.807) is 0 Å². The second kappa shape index (κ2) is 9.74. The maximum Gasteiger partial charge on any atom is 0.182 e. The Morgan fingerprint density at radius 1 is 0.558 bits per heavy atom. The van der Waals surface area contributed by atoms with E-state index >= 15 is 0 Å². The molecule has 0 spiro atoms. The number of fused-ring (bicyclic) bond motifs is 1. The fourth-order valence-electron chi connectivity index (χ4n) is 8.77. The number of aromatic nitrogens is 3. The molecule has 2 heterocycles. The Morgan fingerprint density at radius 2 is 1.12 bits per heavy atom. The summed E-state index contributed by atoms with van der Waals surface area (Å²) in [6.45, 7) is 0. The second-order valence-electron chi connectivity index (χ2n) is 13.2. The lowest BCUT2D eigenvalue weighted by Crippen LogP contribution is -2.49. The summed E-state index contributed by atoms with van der Waals surface area (Å²) in [5.41, 5.74) is 10.6. The van der Waals surface area contributed by atoms with Crippen LogP contribution in [0.15, 0.2) is 114 Å². The third-order valence-electron chi connectivity index (χ3n) is 10.3. The number of rotatable bonds is 5. The topological polar surface area (TPSA) is 51.8 Å². The van der Waals surface area contributed by atoms with Crippen molar-refractivity contribution in [2.75, 3.05) is 0 Å². The van der Waals surface area contributed by atoms with Gasteiger partial charge in [0.05, 0.1) is 11.4 Å². The van der Waals surface area contributed by atoms with Gasteiger partial charge >= 0.3 is 0 Å². The predicted octanol–water partition coefficient (Wildman–Crippen LogP) is 9.75. The van der Waals surface area contributed by atoms with Crippen LogP contribution in [-0.4, -0.2) is 15.0 Å². The molecule has 4 saturated carbocycles. The van der Waals surface area contributed by atoms with Crippen molar-refractivity contribution in [1.29, 1.82) is 0 Å². The van der Waals surface area contributed by atoms with Crippen molar-refractivity contribution in [1.82, 2.24) is 15.0 Å². The SMILES string of the molecule is c1ccc(-c2cc(-c3ccc(-c4cc(-c5ccccc5)c5ocnc5c4)cc3)nc(C34CC5CC(CC(C5)C3)C4)n2)cc1. The van der Waals surface area contributed by atoms with E-state index in [9.17, 15) is 0 Å². The third-order valence-corrected chi connectivity index (χ3v) is 10.3. The van der Waals surface area contributed by atoms with E-state index in [0.29, 0.717) is 0 Å². The van der Waals surface area contributed by atoms with Crippen molar-refractivity contribution < 1.29 is 4.42 Å². The highest BCUT2D eigenvalue weighted by Gasteiger charge is 2.53. The molecule has 4 bridgehead atoms. The van der Waals surface area contributed by atoms with Crippen LogP contribution in [0.3, 0.4) is 0 Å². The first kappa shape index (κ1) is 25.0. The molecule has 0 saturated heterocycles. The molecular formula is C39H33N3O. The molecule has 4 nitrogen and oxygen atoms in total. The quantitative estimate of drug-likeness (QED) is 0.211. The van der Waals surface area contributed by atoms with Gasteiger partial charge in [0.1, 0.15) is 11.3 Å². The Labute approximate surface area is 251 Å². The zero-order chi connectivity index (χ0) is 28.4. The Bertz CT molecular complexity index is 1910. The van der Waals surface area contributed by atoms with Gasteiger partial charge in [0.25, 0.3) is 0 Å². The Hall–Kier alpha value is -4.57. The van der Waals surface area contributed by atoms with E-state index in [4.69, 9.17) is 14.4 Å². The largest absolute Gasteiger partial charge is 0.443 e. The van der Waals surface area contributed by atoms with Crippen molar-refractivity contribution in [2.24, 2.45) is 17.8 Å². The van der Waals surface area contributed by atoms with E-state index in [0.717, 1.165) is 79.4 Å². The smallest absolute Gasteiger partial charge is 0.182 e. The van der Waals surface area contributed by atoms with Crippen LogP contribution in [0.4, 0.5) is 0 Å². The van der Waals surface area contributed by atoms with E-state index in [2.05, 4.69) is 102 Å². The van der Waals surface area contributed by atoms with Gasteiger partial charge in [-0.2, -0.15) is 0 Å². The highest BCUT2D eigenvalue weighted by Crippen LogP contribution is 2.60. The molecule has 0 N–H and O–H groups in total. The molecular weight excluding hydrogens is 526 g/mol. The molecule has 210 valence electrons. The molecule has 0 unspecified atom stereocenters. The van der Waals surface area contributed by atoms with Crippen LogP contribution >= 0.6 is 0 Å². The average Bonchev–Trinajstić information content (AvgIpc) is 3.53. The summed E-state index contributed by atoms with van der Waals surface area (Å²) in [5.74, 6) is 3.62. The first-order valence-electron chi connectivity index (χ1n) is 15.7. The Morgan fingerprint density at radius 3 is 1.74 bits per heavy atom. The number of benzene rings is 4. The second-order valence-corrected chi connectivity index (χ2v) is 13.2. The van der Waals surface area contributed by atoms with E-state index in [1.165, 1.54) is 44.9 Å². The van der Waals surface area contributed by atoms with Gasteiger partial charge in [-0.25, -0.2) is 15.0 Å². The summed E-state index contributed by atoms with van der Waals surface area (Å²) in [5, 5.41) is 0. The molecule has 4 aliphatic rings. The summed E-state index contributed by atoms with van der Waals surface area (Å²) in [6, 6.07) is 36.4. The van der Waals surface area contributed by atoms with Gasteiger partial charge < -0.3 is 4.42 Å². The molecule has 4 aromatic carbocycles. The molecule has 0 aliphatic heterocycles. The standard InChI is InChI=1S/C39H33N3O/c1-3-7-29(8-4-1)33-18-32(19-36-37(33)43-24-40-36)28-11-13-31(14-12-28)35-20-34(30-9-5-2-6-10-30)41-38(42-35)39-21-25-15-26(22-39)17-27(16-25)23-39/h1-14,18-20,24-27H,15-17,21-23H2. The minimum absolute atomic E-state index is 0.134. The van der Waals surface area contributed by atoms with Gasteiger partial charge in [0.2, 0.25) is 0 Å². The first-order chi connectivity index (χ1) is 21.2. The lowest BCUT2D eigenvalue weighted by molar-refractivity contribution is -0.00929. The number of oxazole rings is 1. The van der Waals surface area contributed by atoms with Gasteiger partial charge in [-0.1, -0.05) is 84.9 Å². The Kier molecular flexibility index (Phi) is 5.65. The molecule has 4 fully saturated rings. The Balaban J connectivity index is 1.13. The zero-order valence-electron chi connectivity index (χ0n) is 24.1. The van der Waals surface area contributed by atoms with E-state index < -0.39 is 0 Å². The third kappa shape index (κ3) is 4.31. The van der Waals surface area contributed by atoms with Gasteiger partial charge in [0, 0.05) is 22.1 Å². The van der Waals surface area contributed by atoms with E-state index in [1.807, 2.05) is 6.07 Å². The summed E-state index contributed by atoms with van der Waals surface area (Å²) in [4.78, 5) is 15.2. The minimum Gasteiger partial charge on any atom is -0.443 e. The van der Waals surface area contributed by atoms with Gasteiger partial charge in [-0.05, 0) is 91.2 Å². The average molecular weight is 560 g/mol. The summed E-state index contributed by atoms with van der Waals surface area (Å²) in [7, 11) is 0. The molecule has 6 aromatic rings. The summed E-state index contributed by atoms with van der Waals surface area (Å²) in [6.07, 6.45) is 9.54. The van der Waals surface area contributed by atoms with Gasteiger partial charge in [-0.15, -0.1) is 0 Å². The number of hydrogen-bond donors (Lipinski definition) is 0. The van der Waals surface area contributed by atoms with Crippen LogP contribution in [0.2, 0.25) is 0 Å². The zero-order valence-corrected chi connectivity index (χ0v) is 24.1. The highest BCUT2D eigenvalue weighted by atomic mass is 16.3. The lowest BCUT2D eigenvalue weighted by Gasteiger charge is -2.56. The van der Waals surface area contributed by atoms with Crippen LogP contribution in [-0.2, 0) is 5.41 Å². The fraction of sp³-hybridized carbons (Fsp3) is 0.256. The van der Waals surface area contributed by atoms with Crippen molar-refractivity contribution in [3.8, 4) is 44.8 Å². The summed E-state index contributed by atoms with van der Waals surface area (Å²) < 4.78 is 5.79. The molecule has 0 radical (unpaired) electrons. The van der Waals surface area contributed by atoms with E-state index in [-0.39, 0.29) is 5.41 Å². The van der Waals surface area contributed by atoms with Gasteiger partial charge in [-0.3, -0.25) is 0 Å². The van der Waals surface area contributed by atoms with Gasteiger partial charge in [0.15, 0.2) is 12.0 Å². The maximum atomic E-state index is 5.79. The molecule has 0 amide bonds. The monoisotopic (exact) mass is 559 g/mol. The molecule has 4 aliphatic carbocycles. The normalized spacial score (nSPS) is 24.0. The number of hydrogen-bond acceptors (Lipinski definition) is 4. The van der Waals surface area contributed by atoms with Crippen LogP contribution < -0.4 is 0 Å². The lowest BCUT2D eigenvalue weighted by atomic mass is 9.49. The summed E-state index contributed by atoms with van der Waals surface area (Å²) >= 11 is 0. The molecule has 4 heteroatoms. The van der Waals surface area contributed by atoms with Crippen molar-refractivity contribution in [3.63, 3.8) is 0 Å². The fourth-order valence-corrected chi connectivity index (χ4v) is 8.77. The first-order valence-corrected chi connectivity index (χ1v) is 15.7. The van der Waals surface area contributed by atoms with Crippen LogP contribution in [0.25, 0.3) is 55.9 Å². The van der Waals surface area contributed by atoms with Crippen molar-refractivity contribution in [2.45, 2.75) is 43.9 Å². The predicted molar refractivity (Wildman–Crippen MR) is 171 cm³/mol. The molecule has 0 atom stereocenters. The molecule has 2 aromatic heterocycles. The maximum absolute atomic E-state index is 5.79. The van der Waals surface area contributed by atoms with Crippen molar-refractivity contribution in [3.05, 3.63) is 115 Å². The van der Waals surface area contributed by atoms with Crippen molar-refractivity contribution >= 4 is 11.1 Å². The van der Waals surface area contributed by atoms with Crippen LogP contribution in [0, 0.1) is 17.8 Å². The minimum atomic E-state index is 0.134. The van der Waals surface area contributed by atoms with Crippen LogP contribution in [0.1, 0.15) is 44.3 Å². The highest BCUT2D eigenvalue weighted by molar-refractivity contribution is 5.94. The van der Waals surface area contributed by atoms with Crippen LogP contribution in [0.5, 0.6) is 0 Å². The number of nitrogens with zero attached hydrogens (tertiary/aromatic N) is 3. The molecule has 43 heavy (non-hydrogen) atoms.